The van der Waals surface area contributed by atoms with Crippen LogP contribution in [0.2, 0.25) is 0 Å². The van der Waals surface area contributed by atoms with Crippen LogP contribution in [0.15, 0.2) is 0 Å². The van der Waals surface area contributed by atoms with Crippen molar-refractivity contribution in [3.8, 4) is 0 Å². The molecule has 2 fully saturated rings. The highest BCUT2D eigenvalue weighted by Crippen LogP contribution is 2.42. The highest BCUT2D eigenvalue weighted by Gasteiger charge is 2.41. The van der Waals surface area contributed by atoms with E-state index in [0.29, 0.717) is 25.2 Å². The Morgan fingerprint density at radius 2 is 2.11 bits per heavy atom. The molecule has 2 unspecified atom stereocenters. The van der Waals surface area contributed by atoms with Crippen LogP contribution >= 0.6 is 0 Å². The summed E-state index contributed by atoms with van der Waals surface area (Å²) in [5, 5.41) is 3.43. The second-order valence-electron chi connectivity index (χ2n) is 5.95. The van der Waals surface area contributed by atoms with Gasteiger partial charge in [0.25, 0.3) is 0 Å². The van der Waals surface area contributed by atoms with Crippen molar-refractivity contribution < 1.29 is 14.2 Å². The molecule has 1 spiro atoms. The summed E-state index contributed by atoms with van der Waals surface area (Å²) in [4.78, 5) is 0. The van der Waals surface area contributed by atoms with Crippen molar-refractivity contribution in [2.45, 2.75) is 50.2 Å². The SMILES string of the molecule is CNC(COCCOC)C1CCOC2(CCCC2)C1. The first-order valence-corrected chi connectivity index (χ1v) is 7.67. The monoisotopic (exact) mass is 271 g/mol. The number of hydrogen-bond acceptors (Lipinski definition) is 4. The zero-order valence-electron chi connectivity index (χ0n) is 12.5. The fourth-order valence-electron chi connectivity index (χ4n) is 3.58. The lowest BCUT2D eigenvalue weighted by Crippen LogP contribution is -2.46. The zero-order valence-corrected chi connectivity index (χ0v) is 12.5. The van der Waals surface area contributed by atoms with E-state index in [1.807, 2.05) is 7.05 Å². The van der Waals surface area contributed by atoms with Crippen molar-refractivity contribution >= 4 is 0 Å². The molecule has 1 aliphatic heterocycles. The molecule has 1 N–H and O–H groups in total. The van der Waals surface area contributed by atoms with Crippen LogP contribution in [0.3, 0.4) is 0 Å². The Balaban J connectivity index is 1.80. The molecular formula is C15H29NO3. The van der Waals surface area contributed by atoms with Crippen LogP contribution in [-0.2, 0) is 14.2 Å². The summed E-state index contributed by atoms with van der Waals surface area (Å²) < 4.78 is 16.8. The molecule has 2 aliphatic rings. The van der Waals surface area contributed by atoms with Crippen LogP contribution in [-0.4, -0.2) is 52.2 Å². The summed E-state index contributed by atoms with van der Waals surface area (Å²) in [5.74, 6) is 0.680. The minimum absolute atomic E-state index is 0.199. The summed E-state index contributed by atoms with van der Waals surface area (Å²) in [6, 6.07) is 0.443. The van der Waals surface area contributed by atoms with E-state index in [0.717, 1.165) is 19.6 Å². The summed E-state index contributed by atoms with van der Waals surface area (Å²) >= 11 is 0. The minimum atomic E-state index is 0.199. The summed E-state index contributed by atoms with van der Waals surface area (Å²) in [7, 11) is 3.75. The van der Waals surface area contributed by atoms with Gasteiger partial charge in [-0.1, -0.05) is 12.8 Å². The Bertz CT molecular complexity index is 254. The van der Waals surface area contributed by atoms with Gasteiger partial charge in [-0.25, -0.2) is 0 Å². The second kappa shape index (κ2) is 7.58. The first-order valence-electron chi connectivity index (χ1n) is 7.67. The standard InChI is InChI=1S/C15H29NO3/c1-16-14(12-18-10-9-17-2)13-5-8-19-15(11-13)6-3-4-7-15/h13-14,16H,3-12H2,1-2H3. The first-order chi connectivity index (χ1) is 9.29. The molecule has 4 nitrogen and oxygen atoms in total. The number of rotatable bonds is 7. The Kier molecular flexibility index (Phi) is 6.07. The largest absolute Gasteiger partial charge is 0.382 e. The number of likely N-dealkylation sites (N-methyl/N-ethyl adjacent to an activating group) is 1. The van der Waals surface area contributed by atoms with Crippen molar-refractivity contribution in [3.05, 3.63) is 0 Å². The van der Waals surface area contributed by atoms with Gasteiger partial charge >= 0.3 is 0 Å². The molecule has 0 aromatic rings. The average Bonchev–Trinajstić information content (AvgIpc) is 2.87. The predicted octanol–water partition coefficient (Wildman–Crippen LogP) is 1.98. The fraction of sp³-hybridized carbons (Fsp3) is 1.00. The molecule has 1 saturated heterocycles. The molecule has 0 amide bonds. The lowest BCUT2D eigenvalue weighted by Gasteiger charge is -2.41. The first kappa shape index (κ1) is 15.2. The minimum Gasteiger partial charge on any atom is -0.382 e. The topological polar surface area (TPSA) is 39.7 Å². The van der Waals surface area contributed by atoms with E-state index in [2.05, 4.69) is 5.32 Å². The van der Waals surface area contributed by atoms with Crippen molar-refractivity contribution in [3.63, 3.8) is 0 Å². The van der Waals surface area contributed by atoms with E-state index in [-0.39, 0.29) is 5.60 Å². The number of ether oxygens (including phenoxy) is 3. The highest BCUT2D eigenvalue weighted by molar-refractivity contribution is 4.94. The van der Waals surface area contributed by atoms with Gasteiger partial charge < -0.3 is 19.5 Å². The van der Waals surface area contributed by atoms with Crippen LogP contribution in [0.25, 0.3) is 0 Å². The molecular weight excluding hydrogens is 242 g/mol. The zero-order chi connectivity index (χ0) is 13.6. The van der Waals surface area contributed by atoms with Gasteiger partial charge in [-0.15, -0.1) is 0 Å². The van der Waals surface area contributed by atoms with Crippen LogP contribution in [0.1, 0.15) is 38.5 Å². The van der Waals surface area contributed by atoms with Gasteiger partial charge in [-0.2, -0.15) is 0 Å². The van der Waals surface area contributed by atoms with Crippen molar-refractivity contribution in [1.82, 2.24) is 5.32 Å². The van der Waals surface area contributed by atoms with Crippen LogP contribution in [0, 0.1) is 5.92 Å². The van der Waals surface area contributed by atoms with E-state index in [4.69, 9.17) is 14.2 Å². The van der Waals surface area contributed by atoms with Gasteiger partial charge in [-0.3, -0.25) is 0 Å². The summed E-state index contributed by atoms with van der Waals surface area (Å²) in [5.41, 5.74) is 0.199. The van der Waals surface area contributed by atoms with Crippen LogP contribution in [0.5, 0.6) is 0 Å². The smallest absolute Gasteiger partial charge is 0.0701 e. The van der Waals surface area contributed by atoms with Gasteiger partial charge in [0, 0.05) is 19.8 Å². The van der Waals surface area contributed by atoms with Gasteiger partial charge in [0.1, 0.15) is 0 Å². The third kappa shape index (κ3) is 4.15. The van der Waals surface area contributed by atoms with E-state index < -0.39 is 0 Å². The maximum absolute atomic E-state index is 6.11. The third-order valence-corrected chi connectivity index (χ3v) is 4.71. The number of nitrogens with one attached hydrogen (secondary N) is 1. The van der Waals surface area contributed by atoms with Crippen molar-refractivity contribution in [2.75, 3.05) is 40.6 Å². The van der Waals surface area contributed by atoms with E-state index >= 15 is 0 Å². The Morgan fingerprint density at radius 3 is 2.79 bits per heavy atom. The maximum Gasteiger partial charge on any atom is 0.0701 e. The second-order valence-corrected chi connectivity index (χ2v) is 5.95. The van der Waals surface area contributed by atoms with Crippen molar-refractivity contribution in [1.29, 1.82) is 0 Å². The predicted molar refractivity (Wildman–Crippen MR) is 75.4 cm³/mol. The molecule has 1 heterocycles. The van der Waals surface area contributed by atoms with E-state index in [1.54, 1.807) is 7.11 Å². The van der Waals surface area contributed by atoms with Gasteiger partial charge in [-0.05, 0) is 38.6 Å². The molecule has 1 saturated carbocycles. The summed E-state index contributed by atoms with van der Waals surface area (Å²) in [6.07, 6.45) is 7.53. The van der Waals surface area contributed by atoms with Gasteiger partial charge in [0.15, 0.2) is 0 Å². The van der Waals surface area contributed by atoms with Crippen LogP contribution in [0.4, 0.5) is 0 Å². The molecule has 4 heteroatoms. The molecule has 2 rings (SSSR count). The summed E-state index contributed by atoms with van der Waals surface area (Å²) in [6.45, 7) is 3.05. The Morgan fingerprint density at radius 1 is 1.32 bits per heavy atom. The molecule has 0 aromatic heterocycles. The molecule has 0 bridgehead atoms. The normalized spacial score (nSPS) is 27.8. The molecule has 0 aromatic carbocycles. The van der Waals surface area contributed by atoms with Gasteiger partial charge in [0.05, 0.1) is 25.4 Å². The molecule has 19 heavy (non-hydrogen) atoms. The average molecular weight is 271 g/mol. The lowest BCUT2D eigenvalue weighted by molar-refractivity contribution is -0.102. The molecule has 1 aliphatic carbocycles. The number of hydrogen-bond donors (Lipinski definition) is 1. The highest BCUT2D eigenvalue weighted by atomic mass is 16.5. The lowest BCUT2D eigenvalue weighted by atomic mass is 9.81. The molecule has 2 atom stereocenters. The number of methoxy groups -OCH3 is 1. The molecule has 0 radical (unpaired) electrons. The Hall–Kier alpha value is -0.160. The quantitative estimate of drug-likeness (QED) is 0.719. The Labute approximate surface area is 117 Å². The maximum atomic E-state index is 6.11. The van der Waals surface area contributed by atoms with Gasteiger partial charge in [0.2, 0.25) is 0 Å². The van der Waals surface area contributed by atoms with Crippen molar-refractivity contribution in [2.24, 2.45) is 5.92 Å². The third-order valence-electron chi connectivity index (χ3n) is 4.71. The fourth-order valence-corrected chi connectivity index (χ4v) is 3.58. The van der Waals surface area contributed by atoms with Crippen LogP contribution < -0.4 is 5.32 Å². The van der Waals surface area contributed by atoms with E-state index in [9.17, 15) is 0 Å². The molecule has 112 valence electrons. The van der Waals surface area contributed by atoms with E-state index in [1.165, 1.54) is 32.1 Å².